The highest BCUT2D eigenvalue weighted by atomic mass is 32.2. The molecule has 0 unspecified atom stereocenters. The van der Waals surface area contributed by atoms with Crippen LogP contribution >= 0.6 is 0 Å². The van der Waals surface area contributed by atoms with Gasteiger partial charge in [0.15, 0.2) is 5.69 Å². The van der Waals surface area contributed by atoms with Gasteiger partial charge < -0.3 is 10.0 Å². The van der Waals surface area contributed by atoms with Crippen LogP contribution in [0.2, 0.25) is 0 Å². The Morgan fingerprint density at radius 2 is 1.82 bits per heavy atom. The number of benzene rings is 2. The molecule has 4 rings (SSSR count). The number of aromatic carboxylic acids is 1. The van der Waals surface area contributed by atoms with E-state index in [1.165, 1.54) is 42.1 Å². The van der Waals surface area contributed by atoms with E-state index < -0.39 is 21.9 Å². The standard InChI is InChI=1S/C23H22N4O6S/c1-2-34(32,33)25-21(28)16-7-8-20(27-12-10-19(24-27)23(30)31)18(13-16)22(29)26-11-9-15-5-3-4-6-17(15)14-26/h3-8,10,12-13H,2,9,11,14H2,1H3,(H,25,28)(H,30,31). The summed E-state index contributed by atoms with van der Waals surface area (Å²) in [6, 6.07) is 13.2. The number of hydrogen-bond donors (Lipinski definition) is 2. The summed E-state index contributed by atoms with van der Waals surface area (Å²) < 4.78 is 26.9. The Labute approximate surface area is 195 Å². The van der Waals surface area contributed by atoms with E-state index >= 15 is 0 Å². The average molecular weight is 483 g/mol. The lowest BCUT2D eigenvalue weighted by atomic mass is 9.98. The molecule has 11 heteroatoms. The number of amides is 2. The zero-order chi connectivity index (χ0) is 24.5. The van der Waals surface area contributed by atoms with Crippen molar-refractivity contribution in [1.29, 1.82) is 0 Å². The zero-order valence-electron chi connectivity index (χ0n) is 18.3. The molecule has 1 aliphatic heterocycles. The summed E-state index contributed by atoms with van der Waals surface area (Å²) in [5.41, 5.74) is 2.31. The third kappa shape index (κ3) is 4.69. The smallest absolute Gasteiger partial charge is 0.356 e. The van der Waals surface area contributed by atoms with Gasteiger partial charge in [-0.25, -0.2) is 22.6 Å². The highest BCUT2D eigenvalue weighted by Crippen LogP contribution is 2.24. The summed E-state index contributed by atoms with van der Waals surface area (Å²) in [6.45, 7) is 2.23. The number of fused-ring (bicyclic) bond motifs is 1. The lowest BCUT2D eigenvalue weighted by Gasteiger charge is -2.29. The van der Waals surface area contributed by atoms with Gasteiger partial charge in [-0.05, 0) is 48.7 Å². The Balaban J connectivity index is 1.74. The second-order valence-electron chi connectivity index (χ2n) is 7.76. The summed E-state index contributed by atoms with van der Waals surface area (Å²) in [6.07, 6.45) is 2.07. The van der Waals surface area contributed by atoms with Crippen molar-refractivity contribution in [2.75, 3.05) is 12.3 Å². The molecule has 10 nitrogen and oxygen atoms in total. The summed E-state index contributed by atoms with van der Waals surface area (Å²) >= 11 is 0. The van der Waals surface area contributed by atoms with Crippen LogP contribution in [0.5, 0.6) is 0 Å². The molecule has 0 fully saturated rings. The molecule has 176 valence electrons. The minimum absolute atomic E-state index is 0.0212. The van der Waals surface area contributed by atoms with Gasteiger partial charge in [0.25, 0.3) is 11.8 Å². The highest BCUT2D eigenvalue weighted by Gasteiger charge is 2.26. The van der Waals surface area contributed by atoms with Crippen LogP contribution in [0, 0.1) is 0 Å². The Bertz CT molecular complexity index is 1400. The van der Waals surface area contributed by atoms with Gasteiger partial charge in [-0.1, -0.05) is 24.3 Å². The monoisotopic (exact) mass is 482 g/mol. The first-order valence-corrected chi connectivity index (χ1v) is 12.2. The molecule has 0 saturated carbocycles. The van der Waals surface area contributed by atoms with Crippen molar-refractivity contribution >= 4 is 27.8 Å². The maximum absolute atomic E-state index is 13.6. The van der Waals surface area contributed by atoms with Gasteiger partial charge in [0.2, 0.25) is 10.0 Å². The van der Waals surface area contributed by atoms with Crippen molar-refractivity contribution in [3.8, 4) is 5.69 Å². The molecule has 0 radical (unpaired) electrons. The molecular formula is C23H22N4O6S. The van der Waals surface area contributed by atoms with E-state index in [0.29, 0.717) is 19.5 Å². The number of carboxylic acids is 1. The normalized spacial score (nSPS) is 13.3. The molecule has 2 heterocycles. The van der Waals surface area contributed by atoms with Crippen LogP contribution in [-0.2, 0) is 23.0 Å². The summed E-state index contributed by atoms with van der Waals surface area (Å²) in [5, 5.41) is 13.2. The maximum Gasteiger partial charge on any atom is 0.356 e. The number of sulfonamides is 1. The van der Waals surface area contributed by atoms with Crippen LogP contribution in [0.1, 0.15) is 49.3 Å². The predicted octanol–water partition coefficient (Wildman–Crippen LogP) is 1.85. The van der Waals surface area contributed by atoms with E-state index in [2.05, 4.69) is 5.10 Å². The van der Waals surface area contributed by atoms with Crippen molar-refractivity contribution in [3.63, 3.8) is 0 Å². The van der Waals surface area contributed by atoms with E-state index in [1.807, 2.05) is 29.0 Å². The van der Waals surface area contributed by atoms with Crippen molar-refractivity contribution in [2.24, 2.45) is 0 Å². The van der Waals surface area contributed by atoms with Gasteiger partial charge >= 0.3 is 5.97 Å². The molecule has 2 amide bonds. The molecule has 34 heavy (non-hydrogen) atoms. The minimum Gasteiger partial charge on any atom is -0.476 e. The Hall–Kier alpha value is -3.99. The largest absolute Gasteiger partial charge is 0.476 e. The van der Waals surface area contributed by atoms with Crippen LogP contribution in [0.25, 0.3) is 5.69 Å². The minimum atomic E-state index is -3.80. The summed E-state index contributed by atoms with van der Waals surface area (Å²) in [5.74, 6) is -2.75. The van der Waals surface area contributed by atoms with E-state index in [4.69, 9.17) is 0 Å². The molecular weight excluding hydrogens is 460 g/mol. The van der Waals surface area contributed by atoms with E-state index in [0.717, 1.165) is 11.1 Å². The van der Waals surface area contributed by atoms with Gasteiger partial charge in [0.05, 0.1) is 17.0 Å². The molecule has 0 atom stereocenters. The van der Waals surface area contributed by atoms with Gasteiger partial charge in [-0.3, -0.25) is 9.59 Å². The molecule has 2 N–H and O–H groups in total. The van der Waals surface area contributed by atoms with E-state index in [9.17, 15) is 27.9 Å². The highest BCUT2D eigenvalue weighted by molar-refractivity contribution is 7.90. The first-order chi connectivity index (χ1) is 16.2. The maximum atomic E-state index is 13.6. The number of nitrogens with zero attached hydrogens (tertiary/aromatic N) is 3. The molecule has 2 aromatic carbocycles. The average Bonchev–Trinajstić information content (AvgIpc) is 3.33. The number of rotatable bonds is 6. The van der Waals surface area contributed by atoms with Gasteiger partial charge in [0.1, 0.15) is 0 Å². The number of carboxylic acid groups (broad SMARTS) is 1. The van der Waals surface area contributed by atoms with Gasteiger partial charge in [-0.15, -0.1) is 0 Å². The quantitative estimate of drug-likeness (QED) is 0.547. The van der Waals surface area contributed by atoms with Crippen LogP contribution < -0.4 is 4.72 Å². The molecule has 1 aliphatic rings. The number of hydrogen-bond acceptors (Lipinski definition) is 6. The molecule has 0 bridgehead atoms. The third-order valence-corrected chi connectivity index (χ3v) is 6.85. The Morgan fingerprint density at radius 1 is 1.09 bits per heavy atom. The molecule has 0 aliphatic carbocycles. The fraction of sp³-hybridized carbons (Fsp3) is 0.217. The second-order valence-corrected chi connectivity index (χ2v) is 9.77. The predicted molar refractivity (Wildman–Crippen MR) is 122 cm³/mol. The number of carbonyl (C=O) groups is 3. The first kappa shape index (κ1) is 23.2. The molecule has 0 spiro atoms. The van der Waals surface area contributed by atoms with Gasteiger partial charge in [-0.2, -0.15) is 5.10 Å². The lowest BCUT2D eigenvalue weighted by molar-refractivity contribution is 0.0688. The summed E-state index contributed by atoms with van der Waals surface area (Å²) in [7, 11) is -3.80. The molecule has 0 saturated heterocycles. The zero-order valence-corrected chi connectivity index (χ0v) is 19.1. The van der Waals surface area contributed by atoms with E-state index in [-0.39, 0.29) is 34.2 Å². The number of carbonyl (C=O) groups excluding carboxylic acids is 2. The Kier molecular flexibility index (Phi) is 6.20. The molecule has 3 aromatic rings. The van der Waals surface area contributed by atoms with Crippen molar-refractivity contribution in [1.82, 2.24) is 19.4 Å². The number of aromatic nitrogens is 2. The van der Waals surface area contributed by atoms with Crippen molar-refractivity contribution in [2.45, 2.75) is 19.9 Å². The van der Waals surface area contributed by atoms with Crippen molar-refractivity contribution in [3.05, 3.63) is 82.7 Å². The van der Waals surface area contributed by atoms with E-state index in [1.54, 1.807) is 4.90 Å². The van der Waals surface area contributed by atoms with Crippen LogP contribution in [0.15, 0.2) is 54.7 Å². The SMILES string of the molecule is CCS(=O)(=O)NC(=O)c1ccc(-n2ccc(C(=O)O)n2)c(C(=O)N2CCc3ccccc3C2)c1. The lowest BCUT2D eigenvalue weighted by Crippen LogP contribution is -2.37. The number of nitrogens with one attached hydrogen (secondary N) is 1. The topological polar surface area (TPSA) is 139 Å². The van der Waals surface area contributed by atoms with Crippen LogP contribution in [-0.4, -0.2) is 58.3 Å². The summed E-state index contributed by atoms with van der Waals surface area (Å²) in [4.78, 5) is 39.0. The van der Waals surface area contributed by atoms with Crippen LogP contribution in [0.3, 0.4) is 0 Å². The van der Waals surface area contributed by atoms with Crippen LogP contribution in [0.4, 0.5) is 0 Å². The second kappa shape index (κ2) is 9.10. The third-order valence-electron chi connectivity index (χ3n) is 5.59. The molecule has 1 aromatic heterocycles. The fourth-order valence-corrected chi connectivity index (χ4v) is 4.28. The van der Waals surface area contributed by atoms with Gasteiger partial charge in [0, 0.05) is 24.8 Å². The first-order valence-electron chi connectivity index (χ1n) is 10.5. The fourth-order valence-electron chi connectivity index (χ4n) is 3.73. The van der Waals surface area contributed by atoms with Crippen molar-refractivity contribution < 1.29 is 27.9 Å². The Morgan fingerprint density at radius 3 is 2.50 bits per heavy atom.